The van der Waals surface area contributed by atoms with Crippen LogP contribution in [0.4, 0.5) is 0 Å². The summed E-state index contributed by atoms with van der Waals surface area (Å²) in [6.07, 6.45) is 1.00. The smallest absolute Gasteiger partial charge is 0.127 e. The van der Waals surface area contributed by atoms with E-state index in [0.29, 0.717) is 6.61 Å². The van der Waals surface area contributed by atoms with Gasteiger partial charge in [-0.05, 0) is 32.0 Å². The van der Waals surface area contributed by atoms with Gasteiger partial charge in [-0.1, -0.05) is 19.6 Å². The van der Waals surface area contributed by atoms with Gasteiger partial charge in [0.05, 0.1) is 6.61 Å². The number of ether oxygens (including phenoxy) is 2. The lowest BCUT2D eigenvalue weighted by Gasteiger charge is -2.13. The lowest BCUT2D eigenvalue weighted by molar-refractivity contribution is 0.310. The Morgan fingerprint density at radius 1 is 1.33 bits per heavy atom. The molecule has 100 valence electrons. The van der Waals surface area contributed by atoms with Crippen molar-refractivity contribution in [1.82, 2.24) is 5.32 Å². The number of rotatable bonds is 8. The van der Waals surface area contributed by atoms with E-state index in [-0.39, 0.29) is 0 Å². The van der Waals surface area contributed by atoms with Crippen molar-refractivity contribution >= 4 is 0 Å². The van der Waals surface area contributed by atoms with Crippen molar-refractivity contribution < 1.29 is 9.47 Å². The molecule has 1 rings (SSSR count). The maximum atomic E-state index is 5.75. The monoisotopic (exact) mass is 249 g/mol. The highest BCUT2D eigenvalue weighted by atomic mass is 16.5. The summed E-state index contributed by atoms with van der Waals surface area (Å²) in [6, 6.07) is 5.97. The van der Waals surface area contributed by atoms with E-state index < -0.39 is 0 Å². The van der Waals surface area contributed by atoms with E-state index in [1.807, 2.05) is 32.2 Å². The SMILES string of the molecule is C=C(C)COc1cc(OCCC)ccc1CNC. The molecule has 0 spiro atoms. The average molecular weight is 249 g/mol. The summed E-state index contributed by atoms with van der Waals surface area (Å²) in [5.41, 5.74) is 2.13. The molecule has 0 saturated carbocycles. The van der Waals surface area contributed by atoms with Crippen molar-refractivity contribution in [3.63, 3.8) is 0 Å². The van der Waals surface area contributed by atoms with E-state index >= 15 is 0 Å². The first-order valence-electron chi connectivity index (χ1n) is 6.34. The maximum Gasteiger partial charge on any atom is 0.127 e. The maximum absolute atomic E-state index is 5.75. The Hall–Kier alpha value is -1.48. The zero-order chi connectivity index (χ0) is 13.4. The van der Waals surface area contributed by atoms with Crippen LogP contribution in [-0.2, 0) is 6.54 Å². The standard InChI is InChI=1S/C15H23NO2/c1-5-8-17-14-7-6-13(10-16-4)15(9-14)18-11-12(2)3/h6-7,9,16H,2,5,8,10-11H2,1,3-4H3. The number of hydrogen-bond donors (Lipinski definition) is 1. The topological polar surface area (TPSA) is 30.5 Å². The van der Waals surface area contributed by atoms with Crippen LogP contribution in [0.3, 0.4) is 0 Å². The Kier molecular flexibility index (Phi) is 6.29. The van der Waals surface area contributed by atoms with Crippen LogP contribution < -0.4 is 14.8 Å². The summed E-state index contributed by atoms with van der Waals surface area (Å²) in [6.45, 7) is 9.93. The van der Waals surface area contributed by atoms with E-state index in [4.69, 9.17) is 9.47 Å². The molecule has 0 aliphatic rings. The van der Waals surface area contributed by atoms with Crippen molar-refractivity contribution in [3.8, 4) is 11.5 Å². The summed E-state index contributed by atoms with van der Waals surface area (Å²) in [4.78, 5) is 0. The molecule has 0 aliphatic carbocycles. The van der Waals surface area contributed by atoms with Crippen LogP contribution in [0.2, 0.25) is 0 Å². The fourth-order valence-corrected chi connectivity index (χ4v) is 1.52. The van der Waals surface area contributed by atoms with Gasteiger partial charge in [-0.15, -0.1) is 0 Å². The van der Waals surface area contributed by atoms with Gasteiger partial charge >= 0.3 is 0 Å². The molecule has 0 atom stereocenters. The Balaban J connectivity index is 2.81. The zero-order valence-corrected chi connectivity index (χ0v) is 11.6. The van der Waals surface area contributed by atoms with Crippen molar-refractivity contribution in [3.05, 3.63) is 35.9 Å². The summed E-state index contributed by atoms with van der Waals surface area (Å²) < 4.78 is 11.4. The molecule has 1 aromatic carbocycles. The highest BCUT2D eigenvalue weighted by Gasteiger charge is 2.05. The molecule has 1 N–H and O–H groups in total. The van der Waals surface area contributed by atoms with Gasteiger partial charge in [0, 0.05) is 18.2 Å². The first-order valence-corrected chi connectivity index (χ1v) is 6.34. The van der Waals surface area contributed by atoms with Gasteiger partial charge in [-0.2, -0.15) is 0 Å². The summed E-state index contributed by atoms with van der Waals surface area (Å²) >= 11 is 0. The van der Waals surface area contributed by atoms with Crippen LogP contribution in [0.1, 0.15) is 25.8 Å². The normalized spacial score (nSPS) is 10.2. The minimum Gasteiger partial charge on any atom is -0.493 e. The molecule has 0 aromatic heterocycles. The Morgan fingerprint density at radius 2 is 2.11 bits per heavy atom. The van der Waals surface area contributed by atoms with E-state index in [9.17, 15) is 0 Å². The molecule has 0 amide bonds. The van der Waals surface area contributed by atoms with Crippen molar-refractivity contribution in [1.29, 1.82) is 0 Å². The number of nitrogens with one attached hydrogen (secondary N) is 1. The van der Waals surface area contributed by atoms with E-state index in [1.54, 1.807) is 0 Å². The van der Waals surface area contributed by atoms with Crippen molar-refractivity contribution in [2.75, 3.05) is 20.3 Å². The van der Waals surface area contributed by atoms with Gasteiger partial charge in [-0.25, -0.2) is 0 Å². The quantitative estimate of drug-likeness (QED) is 0.718. The average Bonchev–Trinajstić information content (AvgIpc) is 2.36. The number of benzene rings is 1. The van der Waals surface area contributed by atoms with Gasteiger partial charge in [0.15, 0.2) is 0 Å². The molecular formula is C15H23NO2. The highest BCUT2D eigenvalue weighted by Crippen LogP contribution is 2.25. The van der Waals surface area contributed by atoms with Gasteiger partial charge in [0.25, 0.3) is 0 Å². The first-order chi connectivity index (χ1) is 8.67. The molecule has 0 aliphatic heterocycles. The van der Waals surface area contributed by atoms with Crippen molar-refractivity contribution in [2.24, 2.45) is 0 Å². The highest BCUT2D eigenvalue weighted by molar-refractivity contribution is 5.41. The van der Waals surface area contributed by atoms with Gasteiger partial charge < -0.3 is 14.8 Å². The Bertz CT molecular complexity index is 388. The molecular weight excluding hydrogens is 226 g/mol. The molecule has 0 heterocycles. The minimum atomic E-state index is 0.536. The molecule has 1 aromatic rings. The Labute approximate surface area is 110 Å². The molecule has 0 unspecified atom stereocenters. The van der Waals surface area contributed by atoms with Crippen LogP contribution in [0, 0.1) is 0 Å². The van der Waals surface area contributed by atoms with Crippen LogP contribution >= 0.6 is 0 Å². The molecule has 0 saturated heterocycles. The molecule has 0 fully saturated rings. The van der Waals surface area contributed by atoms with Crippen LogP contribution in [0.25, 0.3) is 0 Å². The summed E-state index contributed by atoms with van der Waals surface area (Å²) in [7, 11) is 1.92. The second-order valence-electron chi connectivity index (χ2n) is 4.39. The van der Waals surface area contributed by atoms with Crippen LogP contribution in [0.5, 0.6) is 11.5 Å². The second kappa shape index (κ2) is 7.77. The van der Waals surface area contributed by atoms with E-state index in [2.05, 4.69) is 18.8 Å². The first kappa shape index (κ1) is 14.6. The van der Waals surface area contributed by atoms with Crippen molar-refractivity contribution in [2.45, 2.75) is 26.8 Å². The van der Waals surface area contributed by atoms with Gasteiger partial charge in [-0.3, -0.25) is 0 Å². The summed E-state index contributed by atoms with van der Waals surface area (Å²) in [5, 5.41) is 3.13. The third-order valence-corrected chi connectivity index (χ3v) is 2.35. The molecule has 0 radical (unpaired) electrons. The predicted molar refractivity (Wildman–Crippen MR) is 75.3 cm³/mol. The second-order valence-corrected chi connectivity index (χ2v) is 4.39. The molecule has 0 bridgehead atoms. The molecule has 3 heteroatoms. The van der Waals surface area contributed by atoms with Crippen LogP contribution in [-0.4, -0.2) is 20.3 Å². The fraction of sp³-hybridized carbons (Fsp3) is 0.467. The van der Waals surface area contributed by atoms with E-state index in [0.717, 1.165) is 42.2 Å². The largest absolute Gasteiger partial charge is 0.493 e. The van der Waals surface area contributed by atoms with Crippen LogP contribution in [0.15, 0.2) is 30.4 Å². The third kappa shape index (κ3) is 4.80. The third-order valence-electron chi connectivity index (χ3n) is 2.35. The fourth-order valence-electron chi connectivity index (χ4n) is 1.52. The summed E-state index contributed by atoms with van der Waals surface area (Å²) in [5.74, 6) is 1.72. The Morgan fingerprint density at radius 3 is 2.72 bits per heavy atom. The van der Waals surface area contributed by atoms with Gasteiger partial charge in [0.2, 0.25) is 0 Å². The lowest BCUT2D eigenvalue weighted by Crippen LogP contribution is -2.08. The predicted octanol–water partition coefficient (Wildman–Crippen LogP) is 3.15. The zero-order valence-electron chi connectivity index (χ0n) is 11.6. The molecule has 18 heavy (non-hydrogen) atoms. The minimum absolute atomic E-state index is 0.536. The lowest BCUT2D eigenvalue weighted by atomic mass is 10.2. The number of hydrogen-bond acceptors (Lipinski definition) is 3. The van der Waals surface area contributed by atoms with Gasteiger partial charge in [0.1, 0.15) is 18.1 Å². The van der Waals surface area contributed by atoms with E-state index in [1.165, 1.54) is 0 Å². The molecule has 3 nitrogen and oxygen atoms in total.